The third-order valence-electron chi connectivity index (χ3n) is 5.74. The van der Waals surface area contributed by atoms with Crippen LogP contribution in [-0.4, -0.2) is 69.2 Å². The average Bonchev–Trinajstić information content (AvgIpc) is 3.37. The summed E-state index contributed by atoms with van der Waals surface area (Å²) in [4.78, 5) is 28.5. The number of hydrogen-bond acceptors (Lipinski definition) is 11. The van der Waals surface area contributed by atoms with Crippen molar-refractivity contribution in [2.75, 3.05) is 30.9 Å². The molecule has 1 amide bonds. The number of hydrogen-bond donors (Lipinski definition) is 5. The molecule has 0 radical (unpaired) electrons. The van der Waals surface area contributed by atoms with E-state index in [9.17, 15) is 19.3 Å². The van der Waals surface area contributed by atoms with Gasteiger partial charge in [-0.3, -0.25) is 28.9 Å². The molecule has 3 rings (SSSR count). The predicted molar refractivity (Wildman–Crippen MR) is 140 cm³/mol. The number of ether oxygens (including phenoxy) is 1. The van der Waals surface area contributed by atoms with E-state index in [1.54, 1.807) is 18.4 Å². The van der Waals surface area contributed by atoms with E-state index in [0.29, 0.717) is 12.2 Å². The first-order valence-corrected chi connectivity index (χ1v) is 14.7. The molecule has 13 nitrogen and oxygen atoms in total. The molecular formula is C22H39N6O7PS. The second-order valence-electron chi connectivity index (χ2n) is 11.0. The van der Waals surface area contributed by atoms with Crippen LogP contribution in [0.25, 0.3) is 0 Å². The summed E-state index contributed by atoms with van der Waals surface area (Å²) in [5.41, 5.74) is 4.65. The number of thioether (sulfide) groups is 1. The van der Waals surface area contributed by atoms with Crippen LogP contribution in [0, 0.1) is 11.3 Å². The van der Waals surface area contributed by atoms with E-state index >= 15 is 0 Å². The molecule has 5 atom stereocenters. The number of amides is 1. The molecule has 5 unspecified atom stereocenters. The van der Waals surface area contributed by atoms with Gasteiger partial charge in [-0.25, -0.2) is 14.6 Å². The Hall–Kier alpha value is -1.51. The van der Waals surface area contributed by atoms with E-state index in [-0.39, 0.29) is 54.3 Å². The van der Waals surface area contributed by atoms with Crippen molar-refractivity contribution in [2.45, 2.75) is 72.1 Å². The van der Waals surface area contributed by atoms with Crippen molar-refractivity contribution in [3.63, 3.8) is 0 Å². The van der Waals surface area contributed by atoms with Crippen molar-refractivity contribution in [1.29, 1.82) is 0 Å². The van der Waals surface area contributed by atoms with Gasteiger partial charge in [0.05, 0.1) is 37.7 Å². The van der Waals surface area contributed by atoms with E-state index in [2.05, 4.69) is 20.7 Å². The minimum absolute atomic E-state index is 0.00906. The second-order valence-corrected chi connectivity index (χ2v) is 13.8. The van der Waals surface area contributed by atoms with E-state index < -0.39 is 31.2 Å². The summed E-state index contributed by atoms with van der Waals surface area (Å²) < 4.78 is 32.9. The number of imidazole rings is 1. The van der Waals surface area contributed by atoms with Crippen LogP contribution in [0.5, 0.6) is 0 Å². The number of aliphatic hydroxyl groups is 1. The molecule has 0 spiro atoms. The fourth-order valence-corrected chi connectivity index (χ4v) is 6.52. The van der Waals surface area contributed by atoms with Gasteiger partial charge < -0.3 is 20.5 Å². The highest BCUT2D eigenvalue weighted by Crippen LogP contribution is 2.47. The molecule has 1 fully saturated rings. The van der Waals surface area contributed by atoms with Crippen molar-refractivity contribution in [2.24, 2.45) is 17.1 Å². The number of rotatable bonds is 11. The van der Waals surface area contributed by atoms with Crippen molar-refractivity contribution >= 4 is 36.3 Å². The Balaban J connectivity index is 1.60. The number of fused-ring (bicyclic) bond motifs is 1. The summed E-state index contributed by atoms with van der Waals surface area (Å²) in [5.74, 6) is 0.420. The molecule has 0 bridgehead atoms. The summed E-state index contributed by atoms with van der Waals surface area (Å²) in [6.45, 7) is 10.6. The number of anilines is 1. The summed E-state index contributed by atoms with van der Waals surface area (Å²) in [6, 6.07) is 0. The summed E-state index contributed by atoms with van der Waals surface area (Å²) in [7, 11) is -3.74. The lowest BCUT2D eigenvalue weighted by Gasteiger charge is -2.28. The highest BCUT2D eigenvalue weighted by atomic mass is 32.2. The number of nitrogens with zero attached hydrogens (tertiary/aromatic N) is 2. The Morgan fingerprint density at radius 2 is 2.05 bits per heavy atom. The first-order chi connectivity index (χ1) is 17.1. The molecule has 0 aromatic carbocycles. The van der Waals surface area contributed by atoms with E-state index in [4.69, 9.17) is 19.5 Å². The van der Waals surface area contributed by atoms with Gasteiger partial charge in [-0.2, -0.15) is 0 Å². The molecule has 210 valence electrons. The van der Waals surface area contributed by atoms with E-state index in [1.165, 1.54) is 6.33 Å². The van der Waals surface area contributed by atoms with Gasteiger partial charge in [-0.15, -0.1) is 0 Å². The summed E-state index contributed by atoms with van der Waals surface area (Å²) in [5, 5.41) is 17.7. The summed E-state index contributed by atoms with van der Waals surface area (Å²) in [6.07, 6.45) is 0.603. The molecule has 6 N–H and O–H groups in total. The summed E-state index contributed by atoms with van der Waals surface area (Å²) >= 11 is 1.02. The average molecular weight is 563 g/mol. The standard InChI is InChI=1S/C22H39N6O7PS/c1-13-9-14(35-18(13)28-12-24-15-16(28)25-20(23)26-17(15)30)10-34-36(32,27-21(2,3)4)33-7-8-37-19(31)22(5,6)11-29/h12-14,18,20,25,29H,7-11,23H2,1-6H3,(H,26,30)(H,27,32). The third kappa shape index (κ3) is 7.76. The minimum Gasteiger partial charge on any atom is -0.395 e. The number of aliphatic hydroxyl groups excluding tert-OH is 1. The monoisotopic (exact) mass is 562 g/mol. The van der Waals surface area contributed by atoms with Crippen LogP contribution >= 0.6 is 19.5 Å². The fourth-order valence-electron chi connectivity index (χ4n) is 3.87. The quantitative estimate of drug-likeness (QED) is 0.196. The Kier molecular flexibility index (Phi) is 9.50. The zero-order valence-corrected chi connectivity index (χ0v) is 23.9. The lowest BCUT2D eigenvalue weighted by Crippen LogP contribution is -2.51. The number of carbonyl (C=O) groups excluding carboxylic acids is 2. The van der Waals surface area contributed by atoms with Crippen LogP contribution in [-0.2, 0) is 23.1 Å². The van der Waals surface area contributed by atoms with E-state index in [0.717, 1.165) is 11.8 Å². The van der Waals surface area contributed by atoms with Crippen molar-refractivity contribution in [3.8, 4) is 0 Å². The number of carbonyl (C=O) groups is 2. The van der Waals surface area contributed by atoms with Crippen molar-refractivity contribution in [1.82, 2.24) is 20.0 Å². The van der Waals surface area contributed by atoms with Gasteiger partial charge in [0.15, 0.2) is 17.1 Å². The lowest BCUT2D eigenvalue weighted by molar-refractivity contribution is -0.119. The van der Waals surface area contributed by atoms with Gasteiger partial charge in [-0.1, -0.05) is 18.7 Å². The van der Waals surface area contributed by atoms with Gasteiger partial charge in [0.25, 0.3) is 5.91 Å². The highest BCUT2D eigenvalue weighted by molar-refractivity contribution is 8.13. The van der Waals surface area contributed by atoms with Crippen LogP contribution in [0.4, 0.5) is 5.82 Å². The maximum Gasteiger partial charge on any atom is 0.406 e. The van der Waals surface area contributed by atoms with Crippen LogP contribution in [0.3, 0.4) is 0 Å². The maximum absolute atomic E-state index is 13.5. The Bertz CT molecular complexity index is 1030. The molecule has 1 saturated heterocycles. The largest absolute Gasteiger partial charge is 0.406 e. The molecule has 0 aliphatic carbocycles. The third-order valence-corrected chi connectivity index (χ3v) is 8.89. The van der Waals surface area contributed by atoms with E-state index in [1.807, 2.05) is 27.7 Å². The number of nitrogens with one attached hydrogen (secondary N) is 3. The normalized spacial score (nSPS) is 25.8. The van der Waals surface area contributed by atoms with Crippen molar-refractivity contribution < 1.29 is 33.0 Å². The van der Waals surface area contributed by atoms with Crippen LogP contribution in [0.15, 0.2) is 6.33 Å². The second kappa shape index (κ2) is 11.7. The van der Waals surface area contributed by atoms with Gasteiger partial charge in [-0.05, 0) is 41.0 Å². The van der Waals surface area contributed by atoms with Gasteiger partial charge in [0.1, 0.15) is 12.0 Å². The lowest BCUT2D eigenvalue weighted by atomic mass is 9.97. The van der Waals surface area contributed by atoms with Crippen molar-refractivity contribution in [3.05, 3.63) is 12.0 Å². The number of nitrogens with two attached hydrogens (primary N) is 1. The fraction of sp³-hybridized carbons (Fsp3) is 0.773. The maximum atomic E-state index is 13.5. The van der Waals surface area contributed by atoms with Gasteiger partial charge in [0.2, 0.25) is 0 Å². The van der Waals surface area contributed by atoms with Crippen LogP contribution in [0.2, 0.25) is 0 Å². The Morgan fingerprint density at radius 1 is 1.35 bits per heavy atom. The molecular weight excluding hydrogens is 523 g/mol. The first-order valence-electron chi connectivity index (χ1n) is 12.2. The minimum atomic E-state index is -3.74. The molecule has 0 saturated carbocycles. The SMILES string of the molecule is CC1CC(COP(=O)(NC(C)(C)C)OCCSC(=O)C(C)(C)CO)OC1n1cnc2c1NC(N)NC2=O. The predicted octanol–water partition coefficient (Wildman–Crippen LogP) is 2.01. The number of aromatic nitrogens is 2. The smallest absolute Gasteiger partial charge is 0.395 e. The molecule has 3 heterocycles. The molecule has 15 heteroatoms. The Morgan fingerprint density at radius 3 is 2.70 bits per heavy atom. The zero-order chi connectivity index (χ0) is 27.6. The topological polar surface area (TPSA) is 179 Å². The Labute approximate surface area is 221 Å². The molecule has 1 aromatic heterocycles. The molecule has 2 aliphatic heterocycles. The van der Waals surface area contributed by atoms with Gasteiger partial charge >= 0.3 is 7.75 Å². The van der Waals surface area contributed by atoms with Crippen LogP contribution < -0.4 is 21.5 Å². The molecule has 1 aromatic rings. The van der Waals surface area contributed by atoms with Gasteiger partial charge in [0, 0.05) is 17.2 Å². The molecule has 37 heavy (non-hydrogen) atoms. The molecule has 2 aliphatic rings. The first kappa shape index (κ1) is 30.0. The van der Waals surface area contributed by atoms with Crippen LogP contribution in [0.1, 0.15) is 64.7 Å². The zero-order valence-electron chi connectivity index (χ0n) is 22.1. The highest BCUT2D eigenvalue weighted by Gasteiger charge is 2.39.